The highest BCUT2D eigenvalue weighted by atomic mass is 35.5. The SMILES string of the molecule is CC1=C(C(=O)OCCC(C)C)C(c2ccc(Cl)cc2)NC(=O)N1. The van der Waals surface area contributed by atoms with E-state index in [1.165, 1.54) is 0 Å². The number of carbonyl (C=O) groups is 2. The van der Waals surface area contributed by atoms with Crippen LogP contribution in [0.5, 0.6) is 0 Å². The lowest BCUT2D eigenvalue weighted by Crippen LogP contribution is -2.45. The number of nitrogens with one attached hydrogen (secondary N) is 2. The lowest BCUT2D eigenvalue weighted by molar-refractivity contribution is -0.139. The first-order valence-electron chi connectivity index (χ1n) is 7.59. The predicted molar refractivity (Wildman–Crippen MR) is 89.0 cm³/mol. The highest BCUT2D eigenvalue weighted by Crippen LogP contribution is 2.28. The number of ether oxygens (including phenoxy) is 1. The van der Waals surface area contributed by atoms with Gasteiger partial charge in [-0.25, -0.2) is 9.59 Å². The fraction of sp³-hybridized carbons (Fsp3) is 0.412. The highest BCUT2D eigenvalue weighted by Gasteiger charge is 2.32. The molecule has 2 rings (SSSR count). The first-order chi connectivity index (χ1) is 10.9. The average molecular weight is 337 g/mol. The number of amides is 2. The Balaban J connectivity index is 2.24. The number of rotatable bonds is 5. The number of esters is 1. The van der Waals surface area contributed by atoms with Crippen LogP contribution in [0.15, 0.2) is 35.5 Å². The minimum atomic E-state index is -0.549. The molecule has 124 valence electrons. The second-order valence-electron chi connectivity index (χ2n) is 5.94. The van der Waals surface area contributed by atoms with Crippen LogP contribution in [0.25, 0.3) is 0 Å². The molecule has 1 aromatic carbocycles. The van der Waals surface area contributed by atoms with E-state index in [9.17, 15) is 9.59 Å². The number of carbonyl (C=O) groups excluding carboxylic acids is 2. The van der Waals surface area contributed by atoms with Gasteiger partial charge in [0.2, 0.25) is 0 Å². The van der Waals surface area contributed by atoms with Crippen LogP contribution in [-0.4, -0.2) is 18.6 Å². The normalized spacial score (nSPS) is 17.8. The van der Waals surface area contributed by atoms with E-state index in [1.807, 2.05) is 0 Å². The molecule has 0 saturated heterocycles. The molecule has 0 radical (unpaired) electrons. The number of allylic oxidation sites excluding steroid dienone is 1. The summed E-state index contributed by atoms with van der Waals surface area (Å²) in [7, 11) is 0. The number of hydrogen-bond donors (Lipinski definition) is 2. The molecule has 0 saturated carbocycles. The standard InChI is InChI=1S/C17H21ClN2O3/c1-10(2)8-9-23-16(21)14-11(3)19-17(22)20-15(14)12-4-6-13(18)7-5-12/h4-7,10,15H,8-9H2,1-3H3,(H2,19,20,22). The Morgan fingerprint density at radius 3 is 2.57 bits per heavy atom. The molecule has 1 aliphatic heterocycles. The molecule has 1 aliphatic rings. The molecule has 6 heteroatoms. The Hall–Kier alpha value is -2.01. The van der Waals surface area contributed by atoms with Crippen molar-refractivity contribution in [2.24, 2.45) is 5.92 Å². The average Bonchev–Trinajstić information content (AvgIpc) is 2.46. The van der Waals surface area contributed by atoms with Gasteiger partial charge in [0, 0.05) is 10.7 Å². The van der Waals surface area contributed by atoms with Crippen LogP contribution >= 0.6 is 11.6 Å². The van der Waals surface area contributed by atoms with Gasteiger partial charge in [0.15, 0.2) is 0 Å². The van der Waals surface area contributed by atoms with Crippen molar-refractivity contribution in [1.29, 1.82) is 0 Å². The third kappa shape index (κ3) is 4.48. The molecule has 0 fully saturated rings. The Kier molecular flexibility index (Phi) is 5.66. The third-order valence-corrected chi connectivity index (χ3v) is 3.87. The molecule has 0 spiro atoms. The van der Waals surface area contributed by atoms with Crippen molar-refractivity contribution in [3.05, 3.63) is 46.1 Å². The molecule has 1 aromatic rings. The third-order valence-electron chi connectivity index (χ3n) is 3.62. The summed E-state index contributed by atoms with van der Waals surface area (Å²) in [4.78, 5) is 24.2. The first kappa shape index (κ1) is 17.3. The van der Waals surface area contributed by atoms with Crippen LogP contribution in [0.3, 0.4) is 0 Å². The zero-order chi connectivity index (χ0) is 17.0. The van der Waals surface area contributed by atoms with Gasteiger partial charge in [-0.15, -0.1) is 0 Å². The summed E-state index contributed by atoms with van der Waals surface area (Å²) in [6, 6.07) is 6.12. The van der Waals surface area contributed by atoms with E-state index in [4.69, 9.17) is 16.3 Å². The van der Waals surface area contributed by atoms with Crippen LogP contribution in [0.4, 0.5) is 4.79 Å². The zero-order valence-electron chi connectivity index (χ0n) is 13.5. The van der Waals surface area contributed by atoms with Crippen molar-refractivity contribution in [3.63, 3.8) is 0 Å². The largest absolute Gasteiger partial charge is 0.462 e. The summed E-state index contributed by atoms with van der Waals surface area (Å²) in [6.07, 6.45) is 0.795. The van der Waals surface area contributed by atoms with Crippen molar-refractivity contribution in [2.45, 2.75) is 33.2 Å². The van der Waals surface area contributed by atoms with E-state index in [0.29, 0.717) is 28.8 Å². The summed E-state index contributed by atoms with van der Waals surface area (Å²) >= 11 is 5.90. The second-order valence-corrected chi connectivity index (χ2v) is 6.38. The first-order valence-corrected chi connectivity index (χ1v) is 7.97. The number of urea groups is 1. The van der Waals surface area contributed by atoms with Crippen molar-refractivity contribution in [3.8, 4) is 0 Å². The Morgan fingerprint density at radius 2 is 1.96 bits per heavy atom. The Labute approximate surface area is 141 Å². The van der Waals surface area contributed by atoms with Crippen LogP contribution in [0.1, 0.15) is 38.8 Å². The van der Waals surface area contributed by atoms with E-state index in [0.717, 1.165) is 12.0 Å². The summed E-state index contributed by atoms with van der Waals surface area (Å²) in [6.45, 7) is 6.18. The Morgan fingerprint density at radius 1 is 1.30 bits per heavy atom. The van der Waals surface area contributed by atoms with Crippen molar-refractivity contribution in [1.82, 2.24) is 10.6 Å². The monoisotopic (exact) mass is 336 g/mol. The maximum absolute atomic E-state index is 12.4. The van der Waals surface area contributed by atoms with Gasteiger partial charge in [0.25, 0.3) is 0 Å². The minimum absolute atomic E-state index is 0.346. The molecular weight excluding hydrogens is 316 g/mol. The van der Waals surface area contributed by atoms with Gasteiger partial charge in [-0.05, 0) is 37.0 Å². The molecule has 0 bridgehead atoms. The molecule has 2 amide bonds. The molecule has 2 N–H and O–H groups in total. The summed E-state index contributed by atoms with van der Waals surface area (Å²) in [5, 5.41) is 5.98. The van der Waals surface area contributed by atoms with E-state index >= 15 is 0 Å². The molecule has 1 heterocycles. The topological polar surface area (TPSA) is 67.4 Å². The lowest BCUT2D eigenvalue weighted by Gasteiger charge is -2.28. The summed E-state index contributed by atoms with van der Waals surface area (Å²) < 4.78 is 5.36. The van der Waals surface area contributed by atoms with E-state index in [2.05, 4.69) is 24.5 Å². The second kappa shape index (κ2) is 7.51. The number of halogens is 1. The maximum atomic E-state index is 12.4. The summed E-state index contributed by atoms with van der Waals surface area (Å²) in [5.41, 5.74) is 1.69. The number of hydrogen-bond acceptors (Lipinski definition) is 3. The quantitative estimate of drug-likeness (QED) is 0.808. The van der Waals surface area contributed by atoms with Gasteiger partial charge in [-0.1, -0.05) is 37.6 Å². The number of benzene rings is 1. The van der Waals surface area contributed by atoms with Gasteiger partial charge in [0.1, 0.15) is 0 Å². The van der Waals surface area contributed by atoms with E-state index < -0.39 is 12.0 Å². The van der Waals surface area contributed by atoms with Gasteiger partial charge in [-0.3, -0.25) is 0 Å². The van der Waals surface area contributed by atoms with E-state index in [1.54, 1.807) is 31.2 Å². The lowest BCUT2D eigenvalue weighted by atomic mass is 9.95. The fourth-order valence-corrected chi connectivity index (χ4v) is 2.46. The van der Waals surface area contributed by atoms with Crippen molar-refractivity contribution in [2.75, 3.05) is 6.61 Å². The minimum Gasteiger partial charge on any atom is -0.462 e. The van der Waals surface area contributed by atoms with Gasteiger partial charge in [0.05, 0.1) is 18.2 Å². The van der Waals surface area contributed by atoms with Crippen LogP contribution < -0.4 is 10.6 Å². The van der Waals surface area contributed by atoms with Gasteiger partial charge in [-0.2, -0.15) is 0 Å². The molecule has 1 unspecified atom stereocenters. The van der Waals surface area contributed by atoms with Crippen LogP contribution in [-0.2, 0) is 9.53 Å². The predicted octanol–water partition coefficient (Wildman–Crippen LogP) is 3.56. The molecule has 23 heavy (non-hydrogen) atoms. The van der Waals surface area contributed by atoms with Gasteiger partial charge >= 0.3 is 12.0 Å². The van der Waals surface area contributed by atoms with Crippen LogP contribution in [0.2, 0.25) is 5.02 Å². The highest BCUT2D eigenvalue weighted by molar-refractivity contribution is 6.30. The van der Waals surface area contributed by atoms with E-state index in [-0.39, 0.29) is 6.03 Å². The fourth-order valence-electron chi connectivity index (χ4n) is 2.33. The summed E-state index contributed by atoms with van der Waals surface area (Å²) in [5.74, 6) is 0.0322. The van der Waals surface area contributed by atoms with Crippen molar-refractivity contribution < 1.29 is 14.3 Å². The molecule has 0 aromatic heterocycles. The van der Waals surface area contributed by atoms with Gasteiger partial charge < -0.3 is 15.4 Å². The van der Waals surface area contributed by atoms with Crippen molar-refractivity contribution >= 4 is 23.6 Å². The smallest absolute Gasteiger partial charge is 0.338 e. The molecule has 1 atom stereocenters. The Bertz CT molecular complexity index is 623. The molecule has 0 aliphatic carbocycles. The maximum Gasteiger partial charge on any atom is 0.338 e. The molecular formula is C17H21ClN2O3. The zero-order valence-corrected chi connectivity index (χ0v) is 14.2. The molecule has 5 nitrogen and oxygen atoms in total. The van der Waals surface area contributed by atoms with Crippen LogP contribution in [0, 0.1) is 5.92 Å².